The highest BCUT2D eigenvalue weighted by Gasteiger charge is 2.28. The van der Waals surface area contributed by atoms with Crippen molar-refractivity contribution < 1.29 is 26.4 Å². The van der Waals surface area contributed by atoms with E-state index >= 15 is 0 Å². The summed E-state index contributed by atoms with van der Waals surface area (Å²) in [5.41, 5.74) is 6.11. The summed E-state index contributed by atoms with van der Waals surface area (Å²) >= 11 is 0. The Kier molecular flexibility index (Phi) is 5.99. The second-order valence-corrected chi connectivity index (χ2v) is 10.3. The number of sulfonamides is 2. The van der Waals surface area contributed by atoms with Crippen LogP contribution in [0.25, 0.3) is 0 Å². The third-order valence-electron chi connectivity index (χ3n) is 4.44. The van der Waals surface area contributed by atoms with E-state index in [9.17, 15) is 26.4 Å². The number of nitrogens with zero attached hydrogens (tertiary/aromatic N) is 1. The van der Waals surface area contributed by atoms with Crippen LogP contribution in [0.5, 0.6) is 0 Å². The molecule has 2 aromatic rings. The summed E-state index contributed by atoms with van der Waals surface area (Å²) < 4.78 is 52.1. The zero-order valence-electron chi connectivity index (χ0n) is 15.7. The smallest absolute Gasteiger partial charge is 0.312 e. The lowest BCUT2D eigenvalue weighted by atomic mass is 10.2. The predicted octanol–water partition coefficient (Wildman–Crippen LogP) is 0.514. The molecular formula is C18H20N4O6S2. The minimum atomic E-state index is -4.12. The summed E-state index contributed by atoms with van der Waals surface area (Å²) in [6.45, 7) is 0.508. The molecule has 0 aromatic heterocycles. The van der Waals surface area contributed by atoms with Crippen LogP contribution in [0.2, 0.25) is 0 Å². The number of hydrogen-bond donors (Lipinski definition) is 3. The van der Waals surface area contributed by atoms with E-state index < -0.39 is 32.0 Å². The minimum Gasteiger partial charge on any atom is -0.352 e. The van der Waals surface area contributed by atoms with E-state index in [-0.39, 0.29) is 22.8 Å². The lowest BCUT2D eigenvalue weighted by molar-refractivity contribution is 0.0981. The first-order chi connectivity index (χ1) is 14.1. The zero-order chi connectivity index (χ0) is 21.9. The first kappa shape index (κ1) is 21.6. The fraction of sp³-hybridized carbons (Fsp3) is 0.222. The molecule has 4 N–H and O–H groups in total. The fourth-order valence-corrected chi connectivity index (χ4v) is 5.46. The second-order valence-electron chi connectivity index (χ2n) is 6.58. The van der Waals surface area contributed by atoms with Gasteiger partial charge < -0.3 is 11.1 Å². The van der Waals surface area contributed by atoms with Crippen LogP contribution in [-0.4, -0.2) is 41.1 Å². The summed E-state index contributed by atoms with van der Waals surface area (Å²) in [6.07, 6.45) is 0.528. The van der Waals surface area contributed by atoms with Gasteiger partial charge in [0.25, 0.3) is 15.9 Å². The molecule has 0 atom stereocenters. The van der Waals surface area contributed by atoms with Crippen molar-refractivity contribution in [1.29, 1.82) is 0 Å². The molecule has 12 heteroatoms. The quantitative estimate of drug-likeness (QED) is 0.580. The van der Waals surface area contributed by atoms with E-state index in [1.165, 1.54) is 52.8 Å². The Labute approximate surface area is 174 Å². The third-order valence-corrected chi connectivity index (χ3v) is 7.66. The third kappa shape index (κ3) is 4.89. The topological polar surface area (TPSA) is 156 Å². The molecule has 0 unspecified atom stereocenters. The highest BCUT2D eigenvalue weighted by atomic mass is 32.2. The number of hydrogen-bond acceptors (Lipinski definition) is 6. The summed E-state index contributed by atoms with van der Waals surface area (Å²) in [5, 5.41) is 2.38. The summed E-state index contributed by atoms with van der Waals surface area (Å²) in [7, 11) is -7.46. The molecule has 30 heavy (non-hydrogen) atoms. The standard InChI is InChI=1S/C18H20N4O6S2/c19-18(24)20-12-13-2-8-16(9-3-13)30(27,28)21-17(23)14-4-6-15(7-5-14)22-10-1-11-29(22,25)26/h2-9H,1,10-12H2,(H,21,23)(H3,19,20,24). The SMILES string of the molecule is NC(=O)NCc1ccc(S(=O)(=O)NC(=O)c2ccc(N3CCCS3(=O)=O)cc2)cc1. The van der Waals surface area contributed by atoms with Crippen molar-refractivity contribution in [1.82, 2.24) is 10.0 Å². The lowest BCUT2D eigenvalue weighted by Gasteiger charge is -2.17. The first-order valence-corrected chi connectivity index (χ1v) is 12.0. The largest absolute Gasteiger partial charge is 0.352 e. The number of rotatable bonds is 6. The number of carbonyl (C=O) groups excluding carboxylic acids is 2. The van der Waals surface area contributed by atoms with Gasteiger partial charge in [0.15, 0.2) is 0 Å². The van der Waals surface area contributed by atoms with E-state index in [1.807, 2.05) is 4.72 Å². The number of amides is 3. The molecule has 1 saturated heterocycles. The van der Waals surface area contributed by atoms with E-state index in [0.29, 0.717) is 24.2 Å². The molecule has 1 aliphatic heterocycles. The summed E-state index contributed by atoms with van der Waals surface area (Å²) in [4.78, 5) is 22.9. The van der Waals surface area contributed by atoms with Gasteiger partial charge in [0, 0.05) is 18.7 Å². The lowest BCUT2D eigenvalue weighted by Crippen LogP contribution is -2.31. The van der Waals surface area contributed by atoms with Gasteiger partial charge in [-0.05, 0) is 48.4 Å². The van der Waals surface area contributed by atoms with Crippen molar-refractivity contribution in [2.45, 2.75) is 17.9 Å². The Bertz CT molecular complexity index is 1160. The van der Waals surface area contributed by atoms with Crippen LogP contribution in [0.4, 0.5) is 10.5 Å². The Morgan fingerprint density at radius 2 is 1.67 bits per heavy atom. The normalized spacial score (nSPS) is 15.5. The molecule has 3 amide bonds. The number of benzene rings is 2. The molecule has 1 fully saturated rings. The molecule has 0 spiro atoms. The van der Waals surface area contributed by atoms with E-state index in [2.05, 4.69) is 5.32 Å². The van der Waals surface area contributed by atoms with E-state index in [1.54, 1.807) is 0 Å². The average molecular weight is 453 g/mol. The van der Waals surface area contributed by atoms with Crippen molar-refractivity contribution in [2.24, 2.45) is 5.73 Å². The molecule has 0 bridgehead atoms. The van der Waals surface area contributed by atoms with Gasteiger partial charge in [-0.25, -0.2) is 26.4 Å². The van der Waals surface area contributed by atoms with Gasteiger partial charge in [-0.2, -0.15) is 0 Å². The van der Waals surface area contributed by atoms with Crippen LogP contribution < -0.4 is 20.1 Å². The Morgan fingerprint density at radius 3 is 2.20 bits per heavy atom. The number of primary amides is 1. The van der Waals surface area contributed by atoms with E-state index in [0.717, 1.165) is 0 Å². The van der Waals surface area contributed by atoms with Gasteiger partial charge in [-0.15, -0.1) is 0 Å². The van der Waals surface area contributed by atoms with Gasteiger partial charge in [-0.3, -0.25) is 9.10 Å². The Balaban J connectivity index is 1.69. The maximum absolute atomic E-state index is 12.4. The average Bonchev–Trinajstić information content (AvgIpc) is 3.05. The van der Waals surface area contributed by atoms with Crippen LogP contribution in [0.3, 0.4) is 0 Å². The van der Waals surface area contributed by atoms with Crippen molar-refractivity contribution in [3.05, 3.63) is 59.7 Å². The van der Waals surface area contributed by atoms with Crippen LogP contribution in [0.15, 0.2) is 53.4 Å². The number of urea groups is 1. The number of nitrogens with one attached hydrogen (secondary N) is 2. The number of carbonyl (C=O) groups is 2. The fourth-order valence-electron chi connectivity index (χ4n) is 2.92. The van der Waals surface area contributed by atoms with Crippen molar-refractivity contribution >= 4 is 37.7 Å². The van der Waals surface area contributed by atoms with Crippen LogP contribution >= 0.6 is 0 Å². The highest BCUT2D eigenvalue weighted by molar-refractivity contribution is 7.93. The van der Waals surface area contributed by atoms with Crippen molar-refractivity contribution in [2.75, 3.05) is 16.6 Å². The Morgan fingerprint density at radius 1 is 1.03 bits per heavy atom. The molecule has 10 nitrogen and oxygen atoms in total. The van der Waals surface area contributed by atoms with Gasteiger partial charge in [0.2, 0.25) is 10.0 Å². The number of anilines is 1. The molecule has 1 heterocycles. The molecule has 3 rings (SSSR count). The predicted molar refractivity (Wildman–Crippen MR) is 110 cm³/mol. The van der Waals surface area contributed by atoms with Gasteiger partial charge in [-0.1, -0.05) is 12.1 Å². The van der Waals surface area contributed by atoms with Crippen molar-refractivity contribution in [3.63, 3.8) is 0 Å². The molecule has 0 aliphatic carbocycles. The maximum atomic E-state index is 12.4. The monoisotopic (exact) mass is 452 g/mol. The molecule has 0 radical (unpaired) electrons. The maximum Gasteiger partial charge on any atom is 0.312 e. The van der Waals surface area contributed by atoms with Gasteiger partial charge in [0.05, 0.1) is 16.3 Å². The highest BCUT2D eigenvalue weighted by Crippen LogP contribution is 2.24. The summed E-state index contributed by atoms with van der Waals surface area (Å²) in [5.74, 6) is -0.768. The van der Waals surface area contributed by atoms with Gasteiger partial charge in [0.1, 0.15) is 0 Å². The molecule has 0 saturated carbocycles. The zero-order valence-corrected chi connectivity index (χ0v) is 17.4. The Hall–Kier alpha value is -3.12. The van der Waals surface area contributed by atoms with Crippen LogP contribution in [0, 0.1) is 0 Å². The van der Waals surface area contributed by atoms with E-state index in [4.69, 9.17) is 5.73 Å². The van der Waals surface area contributed by atoms with Gasteiger partial charge >= 0.3 is 6.03 Å². The van der Waals surface area contributed by atoms with Crippen LogP contribution in [0.1, 0.15) is 22.3 Å². The van der Waals surface area contributed by atoms with Crippen molar-refractivity contribution in [3.8, 4) is 0 Å². The minimum absolute atomic E-state index is 0.0706. The van der Waals surface area contributed by atoms with Crippen LogP contribution in [-0.2, 0) is 26.6 Å². The molecule has 2 aromatic carbocycles. The first-order valence-electron chi connectivity index (χ1n) is 8.88. The number of nitrogens with two attached hydrogens (primary N) is 1. The summed E-state index contributed by atoms with van der Waals surface area (Å²) in [6, 6.07) is 10.5. The second kappa shape index (κ2) is 8.32. The molecular weight excluding hydrogens is 432 g/mol. The molecule has 1 aliphatic rings. The molecule has 160 valence electrons.